The second kappa shape index (κ2) is 7.30. The van der Waals surface area contributed by atoms with Crippen LogP contribution in [0.5, 0.6) is 5.75 Å². The van der Waals surface area contributed by atoms with Crippen LogP contribution >= 0.6 is 0 Å². The largest absolute Gasteiger partial charge is 0.489 e. The maximum absolute atomic E-state index is 12.3. The van der Waals surface area contributed by atoms with Crippen molar-refractivity contribution in [2.45, 2.75) is 59.1 Å². The van der Waals surface area contributed by atoms with Gasteiger partial charge in [-0.3, -0.25) is 4.79 Å². The molecule has 0 aromatic heterocycles. The van der Waals surface area contributed by atoms with Gasteiger partial charge < -0.3 is 10.1 Å². The highest BCUT2D eigenvalue weighted by atomic mass is 16.5. The average molecular weight is 339 g/mol. The molecule has 0 fully saturated rings. The number of benzene rings is 2. The molecule has 2 aromatic rings. The zero-order valence-electron chi connectivity index (χ0n) is 16.1. The van der Waals surface area contributed by atoms with E-state index in [9.17, 15) is 4.79 Å². The predicted molar refractivity (Wildman–Crippen MR) is 103 cm³/mol. The molecule has 3 heteroatoms. The standard InChI is InChI=1S/C22H29NO2/c1-21(2,3)18-10-12-19(13-11-18)25-15-16-8-7-9-17(14-16)20(24)23-22(4,5)6/h7-14H,15H2,1-6H3,(H,23,24). The van der Waals surface area contributed by atoms with Gasteiger partial charge in [-0.2, -0.15) is 0 Å². The van der Waals surface area contributed by atoms with Crippen LogP contribution in [0.1, 0.15) is 63.0 Å². The molecule has 0 radical (unpaired) electrons. The Balaban J connectivity index is 2.02. The van der Waals surface area contributed by atoms with E-state index in [2.05, 4.69) is 38.2 Å². The monoisotopic (exact) mass is 339 g/mol. The number of hydrogen-bond acceptors (Lipinski definition) is 2. The number of amides is 1. The average Bonchev–Trinajstić information content (AvgIpc) is 2.51. The molecule has 3 nitrogen and oxygen atoms in total. The quantitative estimate of drug-likeness (QED) is 0.842. The van der Waals surface area contributed by atoms with Gasteiger partial charge in [-0.05, 0) is 61.6 Å². The molecule has 0 aliphatic heterocycles. The molecular weight excluding hydrogens is 310 g/mol. The zero-order valence-corrected chi connectivity index (χ0v) is 16.1. The molecule has 1 N–H and O–H groups in total. The van der Waals surface area contributed by atoms with Gasteiger partial charge in [0.05, 0.1) is 0 Å². The fraction of sp³-hybridized carbons (Fsp3) is 0.409. The van der Waals surface area contributed by atoms with Gasteiger partial charge in [0, 0.05) is 11.1 Å². The summed E-state index contributed by atoms with van der Waals surface area (Å²) in [5.41, 5.74) is 2.78. The molecule has 25 heavy (non-hydrogen) atoms. The topological polar surface area (TPSA) is 38.3 Å². The first-order chi connectivity index (χ1) is 11.5. The normalized spacial score (nSPS) is 11.9. The van der Waals surface area contributed by atoms with Crippen molar-refractivity contribution in [3.8, 4) is 5.75 Å². The Hall–Kier alpha value is -2.29. The van der Waals surface area contributed by atoms with Crippen molar-refractivity contribution in [1.29, 1.82) is 0 Å². The van der Waals surface area contributed by atoms with E-state index < -0.39 is 0 Å². The van der Waals surface area contributed by atoms with Crippen LogP contribution in [0.15, 0.2) is 48.5 Å². The van der Waals surface area contributed by atoms with Crippen LogP contribution in [0.4, 0.5) is 0 Å². The molecule has 2 aromatic carbocycles. The van der Waals surface area contributed by atoms with E-state index in [1.165, 1.54) is 5.56 Å². The van der Waals surface area contributed by atoms with Crippen molar-refractivity contribution in [2.75, 3.05) is 0 Å². The van der Waals surface area contributed by atoms with Crippen molar-refractivity contribution in [3.05, 3.63) is 65.2 Å². The third-order valence-corrected chi connectivity index (χ3v) is 3.80. The van der Waals surface area contributed by atoms with E-state index in [1.54, 1.807) is 0 Å². The lowest BCUT2D eigenvalue weighted by molar-refractivity contribution is 0.0919. The number of carbonyl (C=O) groups excluding carboxylic acids is 1. The van der Waals surface area contributed by atoms with Gasteiger partial charge in [0.25, 0.3) is 5.91 Å². The summed E-state index contributed by atoms with van der Waals surface area (Å²) in [6.45, 7) is 12.9. The molecule has 0 bridgehead atoms. The third-order valence-electron chi connectivity index (χ3n) is 3.80. The van der Waals surface area contributed by atoms with Gasteiger partial charge in [-0.1, -0.05) is 45.0 Å². The van der Waals surface area contributed by atoms with Crippen LogP contribution in [0.25, 0.3) is 0 Å². The first-order valence-electron chi connectivity index (χ1n) is 8.69. The van der Waals surface area contributed by atoms with E-state index in [0.717, 1.165) is 11.3 Å². The van der Waals surface area contributed by atoms with Crippen LogP contribution in [-0.4, -0.2) is 11.4 Å². The minimum absolute atomic E-state index is 0.0659. The summed E-state index contributed by atoms with van der Waals surface area (Å²) in [5, 5.41) is 2.98. The molecule has 2 rings (SSSR count). The Morgan fingerprint density at radius 2 is 1.60 bits per heavy atom. The van der Waals surface area contributed by atoms with Gasteiger partial charge >= 0.3 is 0 Å². The molecule has 0 heterocycles. The third kappa shape index (κ3) is 5.93. The summed E-state index contributed by atoms with van der Waals surface area (Å²) in [6.07, 6.45) is 0. The van der Waals surface area contributed by atoms with Gasteiger partial charge in [-0.15, -0.1) is 0 Å². The lowest BCUT2D eigenvalue weighted by Gasteiger charge is -2.20. The van der Waals surface area contributed by atoms with Crippen LogP contribution in [0.2, 0.25) is 0 Å². The second-order valence-corrected chi connectivity index (χ2v) is 8.47. The number of carbonyl (C=O) groups is 1. The lowest BCUT2D eigenvalue weighted by Crippen LogP contribution is -2.40. The first-order valence-corrected chi connectivity index (χ1v) is 8.69. The molecule has 134 valence electrons. The summed E-state index contributed by atoms with van der Waals surface area (Å²) in [5.74, 6) is 0.765. The summed E-state index contributed by atoms with van der Waals surface area (Å²) in [4.78, 5) is 12.3. The Kier molecular flexibility index (Phi) is 5.56. The Morgan fingerprint density at radius 1 is 0.960 bits per heavy atom. The van der Waals surface area contributed by atoms with E-state index in [4.69, 9.17) is 4.74 Å². The van der Waals surface area contributed by atoms with Crippen LogP contribution in [0.3, 0.4) is 0 Å². The molecule has 0 aliphatic carbocycles. The molecule has 1 amide bonds. The summed E-state index contributed by atoms with van der Waals surface area (Å²) >= 11 is 0. The Bertz CT molecular complexity index is 719. The van der Waals surface area contributed by atoms with Crippen LogP contribution < -0.4 is 10.1 Å². The van der Waals surface area contributed by atoms with Crippen molar-refractivity contribution < 1.29 is 9.53 Å². The van der Waals surface area contributed by atoms with Crippen molar-refractivity contribution in [3.63, 3.8) is 0 Å². The Labute approximate surface area is 151 Å². The first kappa shape index (κ1) is 19.0. The van der Waals surface area contributed by atoms with Gasteiger partial charge in [0.15, 0.2) is 0 Å². The molecule has 0 saturated heterocycles. The van der Waals surface area contributed by atoms with Crippen molar-refractivity contribution >= 4 is 5.91 Å². The summed E-state index contributed by atoms with van der Waals surface area (Å²) in [7, 11) is 0. The minimum Gasteiger partial charge on any atom is -0.489 e. The number of rotatable bonds is 4. The van der Waals surface area contributed by atoms with Gasteiger partial charge in [0.2, 0.25) is 0 Å². The van der Waals surface area contributed by atoms with Crippen LogP contribution in [-0.2, 0) is 12.0 Å². The van der Waals surface area contributed by atoms with Crippen LogP contribution in [0, 0.1) is 0 Å². The van der Waals surface area contributed by atoms with E-state index >= 15 is 0 Å². The smallest absolute Gasteiger partial charge is 0.251 e. The van der Waals surface area contributed by atoms with Crippen molar-refractivity contribution in [1.82, 2.24) is 5.32 Å². The molecule has 0 unspecified atom stereocenters. The minimum atomic E-state index is -0.252. The van der Waals surface area contributed by atoms with E-state index in [0.29, 0.717) is 12.2 Å². The zero-order chi connectivity index (χ0) is 18.7. The fourth-order valence-electron chi connectivity index (χ4n) is 2.43. The molecular formula is C22H29NO2. The van der Waals surface area contributed by atoms with Gasteiger partial charge in [0.1, 0.15) is 12.4 Å². The summed E-state index contributed by atoms with van der Waals surface area (Å²) in [6, 6.07) is 15.8. The SMILES string of the molecule is CC(C)(C)NC(=O)c1cccc(COc2ccc(C(C)(C)C)cc2)c1. The highest BCUT2D eigenvalue weighted by Gasteiger charge is 2.15. The second-order valence-electron chi connectivity index (χ2n) is 8.47. The lowest BCUT2D eigenvalue weighted by atomic mass is 9.87. The number of hydrogen-bond donors (Lipinski definition) is 1. The van der Waals surface area contributed by atoms with Crippen molar-refractivity contribution in [2.24, 2.45) is 0 Å². The van der Waals surface area contributed by atoms with E-state index in [-0.39, 0.29) is 16.9 Å². The Morgan fingerprint density at radius 3 is 2.16 bits per heavy atom. The molecule has 0 spiro atoms. The molecule has 0 aliphatic rings. The molecule has 0 atom stereocenters. The molecule has 0 saturated carbocycles. The highest BCUT2D eigenvalue weighted by molar-refractivity contribution is 5.94. The number of nitrogens with one attached hydrogen (secondary N) is 1. The summed E-state index contributed by atoms with van der Waals surface area (Å²) < 4.78 is 5.86. The van der Waals surface area contributed by atoms with Gasteiger partial charge in [-0.25, -0.2) is 0 Å². The maximum atomic E-state index is 12.3. The fourth-order valence-corrected chi connectivity index (χ4v) is 2.43. The van der Waals surface area contributed by atoms with E-state index in [1.807, 2.05) is 57.2 Å². The predicted octanol–water partition coefficient (Wildman–Crippen LogP) is 5.09. The maximum Gasteiger partial charge on any atom is 0.251 e. The highest BCUT2D eigenvalue weighted by Crippen LogP contribution is 2.24. The number of ether oxygens (including phenoxy) is 1.